The van der Waals surface area contributed by atoms with Crippen LogP contribution in [0.4, 0.5) is 17.1 Å². The number of methoxy groups -OCH3 is 3. The summed E-state index contributed by atoms with van der Waals surface area (Å²) in [7, 11) is 4.96. The lowest BCUT2D eigenvalue weighted by atomic mass is 10.0. The Kier molecular flexibility index (Phi) is 6.26. The summed E-state index contributed by atoms with van der Waals surface area (Å²) in [4.78, 5) is 5.05. The first-order valence-electron chi connectivity index (χ1n) is 11.4. The van der Waals surface area contributed by atoms with Gasteiger partial charge < -0.3 is 24.8 Å². The molecule has 6 heteroatoms. The van der Waals surface area contributed by atoms with E-state index in [1.54, 1.807) is 21.3 Å². The number of anilines is 3. The van der Waals surface area contributed by atoms with Gasteiger partial charge in [0.15, 0.2) is 0 Å². The van der Waals surface area contributed by atoms with Crippen LogP contribution in [0.5, 0.6) is 17.2 Å². The summed E-state index contributed by atoms with van der Waals surface area (Å²) in [6, 6.07) is 28.3. The summed E-state index contributed by atoms with van der Waals surface area (Å²) in [6.07, 6.45) is 0. The summed E-state index contributed by atoms with van der Waals surface area (Å²) in [6.45, 7) is 0.534. The Labute approximate surface area is 204 Å². The summed E-state index contributed by atoms with van der Waals surface area (Å²) in [5.41, 5.74) is 4.73. The van der Waals surface area contributed by atoms with Crippen molar-refractivity contribution in [1.29, 1.82) is 0 Å². The van der Waals surface area contributed by atoms with E-state index >= 15 is 0 Å². The number of hydrogen-bond acceptors (Lipinski definition) is 6. The van der Waals surface area contributed by atoms with Gasteiger partial charge in [0.1, 0.15) is 17.2 Å². The van der Waals surface area contributed by atoms with Crippen LogP contribution in [0.3, 0.4) is 0 Å². The van der Waals surface area contributed by atoms with Crippen LogP contribution < -0.4 is 24.8 Å². The highest BCUT2D eigenvalue weighted by Gasteiger charge is 2.11. The van der Waals surface area contributed by atoms with Gasteiger partial charge in [-0.05, 0) is 35.7 Å². The van der Waals surface area contributed by atoms with E-state index in [1.807, 2.05) is 54.6 Å². The minimum Gasteiger partial charge on any atom is -0.497 e. The van der Waals surface area contributed by atoms with Gasteiger partial charge in [0.25, 0.3) is 0 Å². The minimum atomic E-state index is 0.534. The van der Waals surface area contributed by atoms with Gasteiger partial charge in [-0.2, -0.15) is 0 Å². The third kappa shape index (κ3) is 4.77. The van der Waals surface area contributed by atoms with Crippen LogP contribution in [0.1, 0.15) is 5.69 Å². The number of aromatic nitrogens is 1. The molecule has 2 N–H and O–H groups in total. The number of hydrogen-bond donors (Lipinski definition) is 2. The van der Waals surface area contributed by atoms with Crippen LogP contribution in [-0.2, 0) is 6.54 Å². The Morgan fingerprint density at radius 1 is 0.657 bits per heavy atom. The van der Waals surface area contributed by atoms with Gasteiger partial charge in [-0.25, -0.2) is 0 Å². The van der Waals surface area contributed by atoms with E-state index in [0.29, 0.717) is 6.54 Å². The number of ether oxygens (including phenoxy) is 3. The van der Waals surface area contributed by atoms with Crippen LogP contribution in [0, 0.1) is 0 Å². The lowest BCUT2D eigenvalue weighted by molar-refractivity contribution is 0.394. The summed E-state index contributed by atoms with van der Waals surface area (Å²) in [5.74, 6) is 2.28. The molecule has 1 heterocycles. The van der Waals surface area contributed by atoms with E-state index < -0.39 is 0 Å². The van der Waals surface area contributed by atoms with Crippen LogP contribution in [0.25, 0.3) is 21.7 Å². The monoisotopic (exact) mass is 465 g/mol. The Hall–Kier alpha value is -4.45. The second kappa shape index (κ2) is 9.81. The molecular formula is C29H27N3O3. The molecule has 0 bridgehead atoms. The highest BCUT2D eigenvalue weighted by molar-refractivity contribution is 6.09. The standard InChI is InChI=1S/C29H27N3O3/c1-33-23-11-9-20(10-12-23)31-28-16-22(18-30-21-14-24(34-2)17-25(15-21)35-3)32-29-26-7-5-4-6-19(26)8-13-27(28)29/h4-17,30H,18H2,1-3H3,(H,31,32). The Morgan fingerprint density at radius 3 is 2.09 bits per heavy atom. The molecule has 4 aromatic carbocycles. The molecule has 0 saturated carbocycles. The van der Waals surface area contributed by atoms with Crippen molar-refractivity contribution in [2.75, 3.05) is 32.0 Å². The predicted molar refractivity (Wildman–Crippen MR) is 142 cm³/mol. The van der Waals surface area contributed by atoms with Crippen molar-refractivity contribution in [1.82, 2.24) is 4.98 Å². The molecule has 5 rings (SSSR count). The fourth-order valence-corrected chi connectivity index (χ4v) is 4.14. The van der Waals surface area contributed by atoms with Crippen molar-refractivity contribution >= 4 is 38.7 Å². The quantitative estimate of drug-likeness (QED) is 0.247. The average molecular weight is 466 g/mol. The molecule has 0 amide bonds. The SMILES string of the molecule is COc1ccc(Nc2cc(CNc3cc(OC)cc(OC)c3)nc3c2ccc2ccccc23)cc1. The van der Waals surface area contributed by atoms with Gasteiger partial charge >= 0.3 is 0 Å². The lowest BCUT2D eigenvalue weighted by Gasteiger charge is -2.15. The first-order chi connectivity index (χ1) is 17.2. The van der Waals surface area contributed by atoms with E-state index in [1.165, 1.54) is 0 Å². The van der Waals surface area contributed by atoms with Crippen LogP contribution in [-0.4, -0.2) is 26.3 Å². The molecule has 0 unspecified atom stereocenters. The molecule has 0 aliphatic heterocycles. The highest BCUT2D eigenvalue weighted by atomic mass is 16.5. The smallest absolute Gasteiger partial charge is 0.124 e. The number of rotatable bonds is 8. The molecule has 35 heavy (non-hydrogen) atoms. The van der Waals surface area contributed by atoms with Crippen molar-refractivity contribution in [2.45, 2.75) is 6.54 Å². The third-order valence-corrected chi connectivity index (χ3v) is 5.95. The average Bonchev–Trinajstić information content (AvgIpc) is 2.92. The van der Waals surface area contributed by atoms with Crippen molar-refractivity contribution in [3.63, 3.8) is 0 Å². The van der Waals surface area contributed by atoms with E-state index in [0.717, 1.165) is 61.7 Å². The van der Waals surface area contributed by atoms with Gasteiger partial charge in [0.2, 0.25) is 0 Å². The molecule has 0 radical (unpaired) electrons. The van der Waals surface area contributed by atoms with Gasteiger partial charge in [0.05, 0.1) is 39.1 Å². The summed E-state index contributed by atoms with van der Waals surface area (Å²) < 4.78 is 16.1. The van der Waals surface area contributed by atoms with E-state index in [4.69, 9.17) is 19.2 Å². The van der Waals surface area contributed by atoms with Crippen LogP contribution in [0.2, 0.25) is 0 Å². The molecule has 0 spiro atoms. The molecule has 0 saturated heterocycles. The third-order valence-electron chi connectivity index (χ3n) is 5.95. The maximum absolute atomic E-state index is 5.40. The second-order valence-electron chi connectivity index (χ2n) is 8.15. The zero-order chi connectivity index (χ0) is 24.2. The Bertz CT molecular complexity index is 1460. The molecule has 5 aromatic rings. The molecule has 6 nitrogen and oxygen atoms in total. The van der Waals surface area contributed by atoms with Crippen molar-refractivity contribution in [3.8, 4) is 17.2 Å². The highest BCUT2D eigenvalue weighted by Crippen LogP contribution is 2.33. The molecule has 0 aliphatic carbocycles. The van der Waals surface area contributed by atoms with Gasteiger partial charge in [-0.3, -0.25) is 4.98 Å². The van der Waals surface area contributed by atoms with Crippen molar-refractivity contribution < 1.29 is 14.2 Å². The maximum Gasteiger partial charge on any atom is 0.124 e. The normalized spacial score (nSPS) is 10.8. The van der Waals surface area contributed by atoms with E-state index in [9.17, 15) is 0 Å². The number of pyridine rings is 1. The Balaban J connectivity index is 1.54. The number of nitrogens with one attached hydrogen (secondary N) is 2. The van der Waals surface area contributed by atoms with Crippen molar-refractivity contribution in [3.05, 3.63) is 90.6 Å². The minimum absolute atomic E-state index is 0.534. The number of fused-ring (bicyclic) bond motifs is 3. The number of nitrogens with zero attached hydrogens (tertiary/aromatic N) is 1. The van der Waals surface area contributed by atoms with Gasteiger partial charge in [-0.1, -0.05) is 36.4 Å². The van der Waals surface area contributed by atoms with Gasteiger partial charge in [-0.15, -0.1) is 0 Å². The molecule has 0 atom stereocenters. The van der Waals surface area contributed by atoms with Crippen LogP contribution in [0.15, 0.2) is 84.9 Å². The number of benzene rings is 4. The molecule has 0 fully saturated rings. The molecular weight excluding hydrogens is 438 g/mol. The largest absolute Gasteiger partial charge is 0.497 e. The van der Waals surface area contributed by atoms with Gasteiger partial charge in [0, 0.05) is 46.0 Å². The molecule has 176 valence electrons. The zero-order valence-electron chi connectivity index (χ0n) is 20.0. The van der Waals surface area contributed by atoms with E-state index in [2.05, 4.69) is 41.0 Å². The topological polar surface area (TPSA) is 64.6 Å². The zero-order valence-corrected chi connectivity index (χ0v) is 20.0. The first kappa shape index (κ1) is 22.3. The van der Waals surface area contributed by atoms with Crippen LogP contribution >= 0.6 is 0 Å². The second-order valence-corrected chi connectivity index (χ2v) is 8.15. The van der Waals surface area contributed by atoms with E-state index in [-0.39, 0.29) is 0 Å². The summed E-state index contributed by atoms with van der Waals surface area (Å²) in [5, 5.41) is 10.4. The molecule has 0 aliphatic rings. The Morgan fingerprint density at radius 2 is 1.37 bits per heavy atom. The predicted octanol–water partition coefficient (Wildman–Crippen LogP) is 6.77. The fraction of sp³-hybridized carbons (Fsp3) is 0.138. The summed E-state index contributed by atoms with van der Waals surface area (Å²) >= 11 is 0. The van der Waals surface area contributed by atoms with Crippen molar-refractivity contribution in [2.24, 2.45) is 0 Å². The molecule has 1 aromatic heterocycles. The maximum atomic E-state index is 5.40. The first-order valence-corrected chi connectivity index (χ1v) is 11.4. The lowest BCUT2D eigenvalue weighted by Crippen LogP contribution is -2.04. The fourth-order valence-electron chi connectivity index (χ4n) is 4.14.